The minimum Gasteiger partial charge on any atom is -0.326 e. The third kappa shape index (κ3) is 2.43. The molecule has 19 heavy (non-hydrogen) atoms. The summed E-state index contributed by atoms with van der Waals surface area (Å²) in [6.45, 7) is 0.549. The van der Waals surface area contributed by atoms with E-state index in [0.717, 1.165) is 27.4 Å². The molecule has 0 aliphatic carbocycles. The summed E-state index contributed by atoms with van der Waals surface area (Å²) in [6.07, 6.45) is 3.80. The minimum absolute atomic E-state index is 0.549. The lowest BCUT2D eigenvalue weighted by Crippen LogP contribution is -1.95. The van der Waals surface area contributed by atoms with Gasteiger partial charge in [-0.25, -0.2) is 4.98 Å². The van der Waals surface area contributed by atoms with Crippen LogP contribution in [0.15, 0.2) is 42.0 Å². The Morgan fingerprint density at radius 1 is 1.32 bits per heavy atom. The molecule has 5 heteroatoms. The number of hydrogen-bond acceptors (Lipinski definition) is 4. The molecule has 2 heterocycles. The van der Waals surface area contributed by atoms with E-state index < -0.39 is 0 Å². The summed E-state index contributed by atoms with van der Waals surface area (Å²) in [5, 5.41) is 7.22. The largest absolute Gasteiger partial charge is 0.326 e. The van der Waals surface area contributed by atoms with E-state index in [1.54, 1.807) is 16.0 Å². The van der Waals surface area contributed by atoms with Gasteiger partial charge in [0.1, 0.15) is 5.01 Å². The van der Waals surface area contributed by atoms with Gasteiger partial charge in [0.05, 0.1) is 11.9 Å². The Kier molecular flexibility index (Phi) is 3.15. The molecule has 0 aliphatic rings. The normalized spacial score (nSPS) is 10.8. The predicted octanol–water partition coefficient (Wildman–Crippen LogP) is 2.67. The van der Waals surface area contributed by atoms with E-state index in [1.165, 1.54) is 0 Å². The molecule has 0 bridgehead atoms. The van der Waals surface area contributed by atoms with Crippen LogP contribution in [0, 0.1) is 0 Å². The van der Waals surface area contributed by atoms with Crippen molar-refractivity contribution in [3.8, 4) is 21.8 Å². The summed E-state index contributed by atoms with van der Waals surface area (Å²) in [6, 6.07) is 8.18. The predicted molar refractivity (Wildman–Crippen MR) is 77.6 cm³/mol. The van der Waals surface area contributed by atoms with Gasteiger partial charge in [-0.15, -0.1) is 11.3 Å². The molecule has 0 fully saturated rings. The van der Waals surface area contributed by atoms with Gasteiger partial charge >= 0.3 is 0 Å². The SMILES string of the molecule is Cn1cc(-c2nc(-c3cccc(CN)c3)cs2)cn1. The Hall–Kier alpha value is -1.98. The molecule has 0 saturated heterocycles. The van der Waals surface area contributed by atoms with Crippen LogP contribution in [0.1, 0.15) is 5.56 Å². The summed E-state index contributed by atoms with van der Waals surface area (Å²) < 4.78 is 1.78. The number of hydrogen-bond donors (Lipinski definition) is 1. The van der Waals surface area contributed by atoms with E-state index in [-0.39, 0.29) is 0 Å². The van der Waals surface area contributed by atoms with Crippen LogP contribution in [-0.2, 0) is 13.6 Å². The second-order valence-electron chi connectivity index (χ2n) is 4.35. The van der Waals surface area contributed by atoms with Gasteiger partial charge < -0.3 is 5.73 Å². The molecule has 96 valence electrons. The molecule has 4 nitrogen and oxygen atoms in total. The van der Waals surface area contributed by atoms with Crippen molar-refractivity contribution in [1.82, 2.24) is 14.8 Å². The van der Waals surface area contributed by atoms with Crippen LogP contribution in [0.4, 0.5) is 0 Å². The van der Waals surface area contributed by atoms with E-state index in [0.29, 0.717) is 6.54 Å². The van der Waals surface area contributed by atoms with Crippen LogP contribution in [0.2, 0.25) is 0 Å². The van der Waals surface area contributed by atoms with Gasteiger partial charge in [0.2, 0.25) is 0 Å². The molecule has 0 aliphatic heterocycles. The van der Waals surface area contributed by atoms with Crippen molar-refractivity contribution in [2.24, 2.45) is 12.8 Å². The first kappa shape index (κ1) is 12.1. The fourth-order valence-corrected chi connectivity index (χ4v) is 2.73. The summed E-state index contributed by atoms with van der Waals surface area (Å²) in [4.78, 5) is 4.66. The van der Waals surface area contributed by atoms with Gasteiger partial charge in [-0.05, 0) is 11.6 Å². The fraction of sp³-hybridized carbons (Fsp3) is 0.143. The number of aryl methyl sites for hydroxylation is 1. The highest BCUT2D eigenvalue weighted by molar-refractivity contribution is 7.13. The summed E-state index contributed by atoms with van der Waals surface area (Å²) >= 11 is 1.63. The summed E-state index contributed by atoms with van der Waals surface area (Å²) in [7, 11) is 1.91. The second-order valence-corrected chi connectivity index (χ2v) is 5.20. The van der Waals surface area contributed by atoms with Crippen LogP contribution in [-0.4, -0.2) is 14.8 Å². The van der Waals surface area contributed by atoms with Crippen molar-refractivity contribution < 1.29 is 0 Å². The van der Waals surface area contributed by atoms with E-state index in [1.807, 2.05) is 31.6 Å². The number of thiazole rings is 1. The average molecular weight is 270 g/mol. The van der Waals surface area contributed by atoms with Crippen molar-refractivity contribution in [3.63, 3.8) is 0 Å². The third-order valence-electron chi connectivity index (χ3n) is 2.91. The highest BCUT2D eigenvalue weighted by Crippen LogP contribution is 2.28. The van der Waals surface area contributed by atoms with Crippen molar-refractivity contribution >= 4 is 11.3 Å². The van der Waals surface area contributed by atoms with Gasteiger partial charge in [0, 0.05) is 36.3 Å². The van der Waals surface area contributed by atoms with Crippen molar-refractivity contribution in [2.75, 3.05) is 0 Å². The third-order valence-corrected chi connectivity index (χ3v) is 3.81. The molecule has 0 saturated carbocycles. The van der Waals surface area contributed by atoms with E-state index >= 15 is 0 Å². The van der Waals surface area contributed by atoms with Crippen molar-refractivity contribution in [2.45, 2.75) is 6.54 Å². The van der Waals surface area contributed by atoms with Crippen LogP contribution < -0.4 is 5.73 Å². The Labute approximate surface area is 115 Å². The lowest BCUT2D eigenvalue weighted by atomic mass is 10.1. The van der Waals surface area contributed by atoms with Gasteiger partial charge in [0.15, 0.2) is 0 Å². The molecule has 0 unspecified atom stereocenters. The average Bonchev–Trinajstić information content (AvgIpc) is 3.07. The maximum Gasteiger partial charge on any atom is 0.127 e. The summed E-state index contributed by atoms with van der Waals surface area (Å²) in [5.41, 5.74) is 9.93. The number of aromatic nitrogens is 3. The van der Waals surface area contributed by atoms with E-state index in [2.05, 4.69) is 27.6 Å². The molecule has 0 radical (unpaired) electrons. The number of nitrogens with zero attached hydrogens (tertiary/aromatic N) is 3. The van der Waals surface area contributed by atoms with Gasteiger partial charge in [-0.3, -0.25) is 4.68 Å². The van der Waals surface area contributed by atoms with Crippen LogP contribution in [0.3, 0.4) is 0 Å². The van der Waals surface area contributed by atoms with Gasteiger partial charge in [0.25, 0.3) is 0 Å². The standard InChI is InChI=1S/C14H14N4S/c1-18-8-12(7-16-18)14-17-13(9-19-14)11-4-2-3-10(5-11)6-15/h2-5,7-9H,6,15H2,1H3. The smallest absolute Gasteiger partial charge is 0.127 e. The van der Waals surface area contributed by atoms with Gasteiger partial charge in [-0.2, -0.15) is 5.10 Å². The number of rotatable bonds is 3. The molecular weight excluding hydrogens is 256 g/mol. The van der Waals surface area contributed by atoms with E-state index in [4.69, 9.17) is 5.73 Å². The zero-order valence-electron chi connectivity index (χ0n) is 10.6. The Morgan fingerprint density at radius 3 is 2.95 bits per heavy atom. The lowest BCUT2D eigenvalue weighted by Gasteiger charge is -2.00. The first-order chi connectivity index (χ1) is 9.26. The molecule has 2 N–H and O–H groups in total. The monoisotopic (exact) mass is 270 g/mol. The quantitative estimate of drug-likeness (QED) is 0.796. The first-order valence-electron chi connectivity index (χ1n) is 6.00. The summed E-state index contributed by atoms with van der Waals surface area (Å²) in [5.74, 6) is 0. The molecule has 3 rings (SSSR count). The molecule has 0 atom stereocenters. The fourth-order valence-electron chi connectivity index (χ4n) is 1.93. The van der Waals surface area contributed by atoms with E-state index in [9.17, 15) is 0 Å². The second kappa shape index (κ2) is 4.95. The Morgan fingerprint density at radius 2 is 2.21 bits per heavy atom. The minimum atomic E-state index is 0.549. The van der Waals surface area contributed by atoms with Crippen molar-refractivity contribution in [1.29, 1.82) is 0 Å². The molecule has 0 amide bonds. The van der Waals surface area contributed by atoms with Crippen LogP contribution >= 0.6 is 11.3 Å². The van der Waals surface area contributed by atoms with Crippen molar-refractivity contribution in [3.05, 3.63) is 47.6 Å². The first-order valence-corrected chi connectivity index (χ1v) is 6.88. The van der Waals surface area contributed by atoms with Gasteiger partial charge in [-0.1, -0.05) is 18.2 Å². The maximum atomic E-state index is 5.67. The lowest BCUT2D eigenvalue weighted by molar-refractivity contribution is 0.768. The zero-order chi connectivity index (χ0) is 13.2. The molecule has 0 spiro atoms. The van der Waals surface area contributed by atoms with Crippen LogP contribution in [0.25, 0.3) is 21.8 Å². The molecular formula is C14H14N4S. The number of benzene rings is 1. The molecule has 3 aromatic rings. The van der Waals surface area contributed by atoms with Crippen LogP contribution in [0.5, 0.6) is 0 Å². The number of nitrogens with two attached hydrogens (primary N) is 1. The Balaban J connectivity index is 1.96. The highest BCUT2D eigenvalue weighted by atomic mass is 32.1. The maximum absolute atomic E-state index is 5.67. The molecule has 1 aromatic carbocycles. The highest BCUT2D eigenvalue weighted by Gasteiger charge is 2.08. The zero-order valence-corrected chi connectivity index (χ0v) is 11.4. The Bertz CT molecular complexity index is 699. The molecule has 2 aromatic heterocycles. The topological polar surface area (TPSA) is 56.7 Å².